The van der Waals surface area contributed by atoms with Gasteiger partial charge < -0.3 is 16.0 Å². The molecular weight excluding hydrogens is 378 g/mol. The minimum Gasteiger partial charge on any atom is -0.405 e. The van der Waals surface area contributed by atoms with E-state index in [9.17, 15) is 0 Å². The fraction of sp³-hybridized carbons (Fsp3) is 0.174. The number of allylic oxidation sites excluding steroid dienone is 1. The van der Waals surface area contributed by atoms with Crippen LogP contribution in [0.2, 0.25) is 0 Å². The van der Waals surface area contributed by atoms with Crippen LogP contribution in [0.3, 0.4) is 0 Å². The Morgan fingerprint density at radius 2 is 1.90 bits per heavy atom. The van der Waals surface area contributed by atoms with Gasteiger partial charge in [-0.2, -0.15) is 0 Å². The number of benzene rings is 2. The van der Waals surface area contributed by atoms with Crippen LogP contribution in [0, 0.1) is 0 Å². The zero-order chi connectivity index (χ0) is 21.0. The molecule has 6 heteroatoms. The van der Waals surface area contributed by atoms with Crippen LogP contribution in [0.5, 0.6) is 0 Å². The van der Waals surface area contributed by atoms with E-state index in [1.165, 1.54) is 0 Å². The molecule has 3 rings (SSSR count). The van der Waals surface area contributed by atoms with Crippen LogP contribution in [-0.2, 0) is 0 Å². The largest absolute Gasteiger partial charge is 0.405 e. The fourth-order valence-corrected chi connectivity index (χ4v) is 4.01. The Morgan fingerprint density at radius 1 is 1.21 bits per heavy atom. The van der Waals surface area contributed by atoms with Gasteiger partial charge in [0.05, 0.1) is 0 Å². The molecule has 1 atom stereocenters. The van der Waals surface area contributed by atoms with E-state index < -0.39 is 5.79 Å². The normalized spacial score (nSPS) is 20.3. The van der Waals surface area contributed by atoms with Crippen molar-refractivity contribution in [1.82, 2.24) is 4.90 Å². The second-order valence-corrected chi connectivity index (χ2v) is 8.18. The SMILES string of the molecule is C=c1cccc/c1=C(/C=C\N)Sc1ccc(NC2=CC(C)=NC(C)(N)N2C)cc1. The molecule has 29 heavy (non-hydrogen) atoms. The zero-order valence-corrected chi connectivity index (χ0v) is 17.8. The summed E-state index contributed by atoms with van der Waals surface area (Å²) in [6, 6.07) is 16.3. The first kappa shape index (κ1) is 20.8. The molecular formula is C23H27N5S. The van der Waals surface area contributed by atoms with E-state index in [0.717, 1.165) is 37.5 Å². The molecule has 0 radical (unpaired) electrons. The third kappa shape index (κ3) is 4.91. The highest BCUT2D eigenvalue weighted by Gasteiger charge is 2.28. The molecule has 5 nitrogen and oxygen atoms in total. The Morgan fingerprint density at radius 3 is 2.55 bits per heavy atom. The second-order valence-electron chi connectivity index (χ2n) is 7.07. The van der Waals surface area contributed by atoms with Gasteiger partial charge >= 0.3 is 0 Å². The first-order chi connectivity index (χ1) is 13.8. The monoisotopic (exact) mass is 405 g/mol. The number of nitrogens with one attached hydrogen (secondary N) is 1. The zero-order valence-electron chi connectivity index (χ0n) is 17.0. The van der Waals surface area contributed by atoms with Crippen LogP contribution in [0.1, 0.15) is 13.8 Å². The molecule has 1 unspecified atom stereocenters. The van der Waals surface area contributed by atoms with Gasteiger partial charge in [-0.1, -0.05) is 42.6 Å². The number of nitrogens with zero attached hydrogens (tertiary/aromatic N) is 2. The summed E-state index contributed by atoms with van der Waals surface area (Å²) in [4.78, 5) is 8.55. The number of anilines is 1. The van der Waals surface area contributed by atoms with Gasteiger partial charge in [0, 0.05) is 28.2 Å². The Labute approximate surface area is 176 Å². The van der Waals surface area contributed by atoms with Crippen molar-refractivity contribution in [3.05, 3.63) is 83.1 Å². The Balaban J connectivity index is 1.82. The summed E-state index contributed by atoms with van der Waals surface area (Å²) >= 11 is 1.65. The van der Waals surface area contributed by atoms with Gasteiger partial charge in [0.15, 0.2) is 5.79 Å². The molecule has 1 aliphatic rings. The Kier molecular flexibility index (Phi) is 6.15. The third-order valence-electron chi connectivity index (χ3n) is 4.67. The topological polar surface area (TPSA) is 79.7 Å². The fourth-order valence-electron chi connectivity index (χ4n) is 3.03. The van der Waals surface area contributed by atoms with Gasteiger partial charge in [-0.25, -0.2) is 4.99 Å². The van der Waals surface area contributed by atoms with Gasteiger partial charge in [-0.3, -0.25) is 5.73 Å². The van der Waals surface area contributed by atoms with Crippen molar-refractivity contribution in [2.75, 3.05) is 12.4 Å². The lowest BCUT2D eigenvalue weighted by atomic mass is 10.2. The van der Waals surface area contributed by atoms with Gasteiger partial charge in [0.2, 0.25) is 0 Å². The number of hydrogen-bond acceptors (Lipinski definition) is 6. The van der Waals surface area contributed by atoms with Crippen LogP contribution >= 0.6 is 11.8 Å². The lowest BCUT2D eigenvalue weighted by Crippen LogP contribution is -2.53. The maximum Gasteiger partial charge on any atom is 0.182 e. The highest BCUT2D eigenvalue weighted by atomic mass is 32.2. The molecule has 0 saturated heterocycles. The number of aliphatic imine (C=N–C) groups is 1. The molecule has 0 bridgehead atoms. The van der Waals surface area contributed by atoms with Crippen molar-refractivity contribution >= 4 is 34.6 Å². The third-order valence-corrected chi connectivity index (χ3v) is 5.76. The maximum absolute atomic E-state index is 6.26. The van der Waals surface area contributed by atoms with E-state index in [4.69, 9.17) is 11.5 Å². The van der Waals surface area contributed by atoms with E-state index in [1.54, 1.807) is 18.0 Å². The Hall–Kier alpha value is -2.96. The van der Waals surface area contributed by atoms with Gasteiger partial charge in [0.25, 0.3) is 0 Å². The molecule has 0 spiro atoms. The number of hydrogen-bond donors (Lipinski definition) is 3. The molecule has 1 heterocycles. The second kappa shape index (κ2) is 8.59. The van der Waals surface area contributed by atoms with Gasteiger partial charge in [0.1, 0.15) is 5.82 Å². The average Bonchev–Trinajstić information content (AvgIpc) is 2.67. The maximum atomic E-state index is 6.26. The summed E-state index contributed by atoms with van der Waals surface area (Å²) in [5, 5.41) is 5.48. The summed E-state index contributed by atoms with van der Waals surface area (Å²) < 4.78 is 0. The summed E-state index contributed by atoms with van der Waals surface area (Å²) in [5.74, 6) is 0.143. The minimum atomic E-state index is -0.767. The standard InChI is InChI=1S/C23H27N5S/c1-16-7-5-6-8-20(16)21(13-14-24)29-19-11-9-18(10-12-19)26-22-15-17(2)27-23(3,25)28(22)4/h5-15,26H,1,24-25H2,2-4H3/b14-13-,21-20+. The van der Waals surface area contributed by atoms with Gasteiger partial charge in [-0.15, -0.1) is 0 Å². The number of nitrogens with two attached hydrogens (primary N) is 2. The Bertz CT molecular complexity index is 1080. The summed E-state index contributed by atoms with van der Waals surface area (Å²) in [6.45, 7) is 7.95. The van der Waals surface area contributed by atoms with Crippen molar-refractivity contribution in [3.8, 4) is 0 Å². The average molecular weight is 406 g/mol. The van der Waals surface area contributed by atoms with Crippen molar-refractivity contribution in [2.45, 2.75) is 24.5 Å². The smallest absolute Gasteiger partial charge is 0.182 e. The van der Waals surface area contributed by atoms with Crippen LogP contribution in [0.15, 0.2) is 82.6 Å². The summed E-state index contributed by atoms with van der Waals surface area (Å²) in [7, 11) is 1.93. The van der Waals surface area contributed by atoms with Crippen LogP contribution in [0.25, 0.3) is 11.5 Å². The van der Waals surface area contributed by atoms with E-state index in [1.807, 2.05) is 68.3 Å². The van der Waals surface area contributed by atoms with Crippen LogP contribution < -0.4 is 27.2 Å². The molecule has 0 saturated carbocycles. The van der Waals surface area contributed by atoms with Crippen molar-refractivity contribution in [1.29, 1.82) is 0 Å². The van der Waals surface area contributed by atoms with Crippen molar-refractivity contribution < 1.29 is 0 Å². The van der Waals surface area contributed by atoms with Crippen LogP contribution in [-0.4, -0.2) is 23.4 Å². The lowest BCUT2D eigenvalue weighted by molar-refractivity contribution is 0.199. The molecule has 5 N–H and O–H groups in total. The molecule has 1 aliphatic heterocycles. The predicted octanol–water partition coefficient (Wildman–Crippen LogP) is 2.76. The molecule has 2 aromatic carbocycles. The molecule has 2 aromatic rings. The quantitative estimate of drug-likeness (QED) is 0.667. The predicted molar refractivity (Wildman–Crippen MR) is 125 cm³/mol. The summed E-state index contributed by atoms with van der Waals surface area (Å²) in [5.41, 5.74) is 13.8. The molecule has 0 fully saturated rings. The minimum absolute atomic E-state index is 0.767. The van der Waals surface area contributed by atoms with Gasteiger partial charge in [-0.05, 0) is 66.9 Å². The molecule has 150 valence electrons. The van der Waals surface area contributed by atoms with Crippen molar-refractivity contribution in [3.63, 3.8) is 0 Å². The lowest BCUT2D eigenvalue weighted by Gasteiger charge is -2.38. The number of rotatable bonds is 5. The first-order valence-corrected chi connectivity index (χ1v) is 10.1. The highest BCUT2D eigenvalue weighted by Crippen LogP contribution is 2.29. The van der Waals surface area contributed by atoms with E-state index >= 15 is 0 Å². The summed E-state index contributed by atoms with van der Waals surface area (Å²) in [6.07, 6.45) is 5.46. The van der Waals surface area contributed by atoms with Crippen molar-refractivity contribution in [2.24, 2.45) is 16.5 Å². The van der Waals surface area contributed by atoms with E-state index in [-0.39, 0.29) is 0 Å². The highest BCUT2D eigenvalue weighted by molar-refractivity contribution is 8.08. The molecule has 0 aliphatic carbocycles. The first-order valence-electron chi connectivity index (χ1n) is 9.32. The van der Waals surface area contributed by atoms with E-state index in [0.29, 0.717) is 0 Å². The van der Waals surface area contributed by atoms with E-state index in [2.05, 4.69) is 35.1 Å². The van der Waals surface area contributed by atoms with Crippen LogP contribution in [0.4, 0.5) is 5.69 Å². The molecule has 0 amide bonds. The molecule has 0 aromatic heterocycles. The number of thioether (sulfide) groups is 1.